The standard InChI is InChI=1S/C13H14N2O2S2/c1-9-12(11(16)10-3-2-8-18-10)19-13(14-9)15-4-6-17-7-5-15/h2-3,8H,4-7H2,1H3. The van der Waals surface area contributed by atoms with Gasteiger partial charge < -0.3 is 9.64 Å². The van der Waals surface area contributed by atoms with E-state index >= 15 is 0 Å². The molecule has 0 bridgehead atoms. The van der Waals surface area contributed by atoms with Crippen molar-refractivity contribution in [2.45, 2.75) is 6.92 Å². The van der Waals surface area contributed by atoms with E-state index in [1.54, 1.807) is 0 Å². The fraction of sp³-hybridized carbons (Fsp3) is 0.385. The van der Waals surface area contributed by atoms with Crippen molar-refractivity contribution >= 4 is 33.6 Å². The number of thiazole rings is 1. The van der Waals surface area contributed by atoms with E-state index in [2.05, 4.69) is 9.88 Å². The molecule has 0 atom stereocenters. The lowest BCUT2D eigenvalue weighted by Crippen LogP contribution is -2.36. The zero-order chi connectivity index (χ0) is 13.2. The number of ether oxygens (including phenoxy) is 1. The Balaban J connectivity index is 1.87. The Labute approximate surface area is 119 Å². The highest BCUT2D eigenvalue weighted by atomic mass is 32.1. The second-order valence-corrected chi connectivity index (χ2v) is 6.24. The van der Waals surface area contributed by atoms with Gasteiger partial charge in [-0.05, 0) is 18.4 Å². The number of nitrogens with zero attached hydrogens (tertiary/aromatic N) is 2. The van der Waals surface area contributed by atoms with Crippen molar-refractivity contribution < 1.29 is 9.53 Å². The summed E-state index contributed by atoms with van der Waals surface area (Å²) in [6.45, 7) is 5.06. The van der Waals surface area contributed by atoms with Crippen LogP contribution in [-0.2, 0) is 4.74 Å². The van der Waals surface area contributed by atoms with Crippen molar-refractivity contribution in [2.75, 3.05) is 31.2 Å². The first kappa shape index (κ1) is 12.8. The van der Waals surface area contributed by atoms with Gasteiger partial charge in [0.1, 0.15) is 4.88 Å². The van der Waals surface area contributed by atoms with E-state index in [4.69, 9.17) is 4.74 Å². The molecule has 1 aliphatic heterocycles. The number of hydrogen-bond donors (Lipinski definition) is 0. The number of anilines is 1. The van der Waals surface area contributed by atoms with Crippen LogP contribution in [-0.4, -0.2) is 37.1 Å². The second kappa shape index (κ2) is 5.40. The quantitative estimate of drug-likeness (QED) is 0.816. The molecule has 0 spiro atoms. The van der Waals surface area contributed by atoms with Gasteiger partial charge in [0.25, 0.3) is 0 Å². The van der Waals surface area contributed by atoms with Crippen molar-refractivity contribution in [1.82, 2.24) is 4.98 Å². The lowest BCUT2D eigenvalue weighted by molar-refractivity contribution is 0.104. The van der Waals surface area contributed by atoms with Gasteiger partial charge in [0.15, 0.2) is 5.13 Å². The molecule has 3 rings (SSSR count). The van der Waals surface area contributed by atoms with Crippen molar-refractivity contribution in [3.63, 3.8) is 0 Å². The van der Waals surface area contributed by atoms with Crippen molar-refractivity contribution in [2.24, 2.45) is 0 Å². The number of rotatable bonds is 3. The normalized spacial score (nSPS) is 15.7. The Morgan fingerprint density at radius 3 is 2.89 bits per heavy atom. The maximum atomic E-state index is 12.4. The lowest BCUT2D eigenvalue weighted by atomic mass is 10.2. The highest BCUT2D eigenvalue weighted by Crippen LogP contribution is 2.29. The second-order valence-electron chi connectivity index (χ2n) is 4.32. The highest BCUT2D eigenvalue weighted by molar-refractivity contribution is 7.19. The van der Waals surface area contributed by atoms with Crippen LogP contribution in [0.1, 0.15) is 20.2 Å². The summed E-state index contributed by atoms with van der Waals surface area (Å²) in [5.41, 5.74) is 0.824. The fourth-order valence-electron chi connectivity index (χ4n) is 2.00. The molecule has 4 nitrogen and oxygen atoms in total. The average Bonchev–Trinajstić information content (AvgIpc) is 3.08. The topological polar surface area (TPSA) is 42.4 Å². The summed E-state index contributed by atoms with van der Waals surface area (Å²) in [6, 6.07) is 3.76. The number of thiophene rings is 1. The molecule has 100 valence electrons. The third kappa shape index (κ3) is 2.56. The Kier molecular flexibility index (Phi) is 3.63. The number of aryl methyl sites for hydroxylation is 1. The van der Waals surface area contributed by atoms with Crippen LogP contribution in [0.2, 0.25) is 0 Å². The van der Waals surface area contributed by atoms with Gasteiger partial charge in [0, 0.05) is 13.1 Å². The van der Waals surface area contributed by atoms with Crippen LogP contribution >= 0.6 is 22.7 Å². The minimum atomic E-state index is 0.0875. The van der Waals surface area contributed by atoms with Gasteiger partial charge in [-0.1, -0.05) is 17.4 Å². The monoisotopic (exact) mass is 294 g/mol. The van der Waals surface area contributed by atoms with E-state index in [-0.39, 0.29) is 5.78 Å². The number of ketones is 1. The van der Waals surface area contributed by atoms with Crippen LogP contribution in [0.5, 0.6) is 0 Å². The summed E-state index contributed by atoms with van der Waals surface area (Å²) in [6.07, 6.45) is 0. The van der Waals surface area contributed by atoms with Crippen molar-refractivity contribution in [3.05, 3.63) is 33.0 Å². The molecule has 1 aliphatic rings. The number of morpholine rings is 1. The summed E-state index contributed by atoms with van der Waals surface area (Å²) in [5.74, 6) is 0.0875. The number of hydrogen-bond acceptors (Lipinski definition) is 6. The fourth-order valence-corrected chi connectivity index (χ4v) is 3.81. The Morgan fingerprint density at radius 2 is 2.21 bits per heavy atom. The van der Waals surface area contributed by atoms with E-state index < -0.39 is 0 Å². The van der Waals surface area contributed by atoms with Crippen LogP contribution in [0.25, 0.3) is 0 Å². The summed E-state index contributed by atoms with van der Waals surface area (Å²) >= 11 is 2.96. The van der Waals surface area contributed by atoms with Gasteiger partial charge in [0.2, 0.25) is 5.78 Å². The van der Waals surface area contributed by atoms with Gasteiger partial charge in [-0.15, -0.1) is 11.3 Å². The first-order valence-corrected chi connectivity index (χ1v) is 7.83. The summed E-state index contributed by atoms with van der Waals surface area (Å²) in [4.78, 5) is 20.6. The maximum Gasteiger partial charge on any atom is 0.214 e. The molecule has 6 heteroatoms. The van der Waals surface area contributed by atoms with Gasteiger partial charge >= 0.3 is 0 Å². The highest BCUT2D eigenvalue weighted by Gasteiger charge is 2.21. The van der Waals surface area contributed by atoms with Crippen LogP contribution in [0.15, 0.2) is 17.5 Å². The largest absolute Gasteiger partial charge is 0.378 e. The molecule has 0 unspecified atom stereocenters. The molecular formula is C13H14N2O2S2. The number of carbonyl (C=O) groups is 1. The predicted molar refractivity (Wildman–Crippen MR) is 77.6 cm³/mol. The van der Waals surface area contributed by atoms with Crippen molar-refractivity contribution in [1.29, 1.82) is 0 Å². The smallest absolute Gasteiger partial charge is 0.214 e. The molecule has 2 aromatic heterocycles. The SMILES string of the molecule is Cc1nc(N2CCOCC2)sc1C(=O)c1cccs1. The Hall–Kier alpha value is -1.24. The van der Waals surface area contributed by atoms with Crippen molar-refractivity contribution in [3.8, 4) is 0 Å². The zero-order valence-corrected chi connectivity index (χ0v) is 12.2. The van der Waals surface area contributed by atoms with E-state index in [0.29, 0.717) is 0 Å². The third-order valence-corrected chi connectivity index (χ3v) is 5.10. The van der Waals surface area contributed by atoms with Crippen LogP contribution < -0.4 is 4.90 Å². The average molecular weight is 294 g/mol. The van der Waals surface area contributed by atoms with Crippen LogP contribution in [0.4, 0.5) is 5.13 Å². The summed E-state index contributed by atoms with van der Waals surface area (Å²) < 4.78 is 5.33. The molecule has 2 aromatic rings. The number of aromatic nitrogens is 1. The van der Waals surface area contributed by atoms with Gasteiger partial charge in [-0.2, -0.15) is 0 Å². The molecule has 3 heterocycles. The van der Waals surface area contributed by atoms with Gasteiger partial charge in [-0.25, -0.2) is 4.98 Å². The molecule has 0 aliphatic carbocycles. The third-order valence-electron chi connectivity index (χ3n) is 3.02. The molecule has 0 N–H and O–H groups in total. The molecule has 0 saturated carbocycles. The summed E-state index contributed by atoms with van der Waals surface area (Å²) in [7, 11) is 0. The number of carbonyl (C=O) groups excluding carboxylic acids is 1. The zero-order valence-electron chi connectivity index (χ0n) is 10.6. The molecule has 0 radical (unpaired) electrons. The van der Waals surface area contributed by atoms with E-state index in [9.17, 15) is 4.79 Å². The van der Waals surface area contributed by atoms with E-state index in [1.165, 1.54) is 22.7 Å². The Bertz CT molecular complexity index is 571. The molecule has 0 aromatic carbocycles. The molecular weight excluding hydrogens is 280 g/mol. The molecule has 0 amide bonds. The lowest BCUT2D eigenvalue weighted by Gasteiger charge is -2.25. The molecule has 19 heavy (non-hydrogen) atoms. The van der Waals surface area contributed by atoms with E-state index in [0.717, 1.165) is 46.9 Å². The first-order chi connectivity index (χ1) is 9.25. The maximum absolute atomic E-state index is 12.4. The first-order valence-electron chi connectivity index (χ1n) is 6.14. The summed E-state index contributed by atoms with van der Waals surface area (Å²) in [5, 5.41) is 2.85. The predicted octanol–water partition coefficient (Wildman–Crippen LogP) is 2.58. The van der Waals surface area contributed by atoms with E-state index in [1.807, 2.05) is 24.4 Å². The molecule has 1 saturated heterocycles. The molecule has 1 fully saturated rings. The van der Waals surface area contributed by atoms with Gasteiger partial charge in [-0.3, -0.25) is 4.79 Å². The van der Waals surface area contributed by atoms with Crippen LogP contribution in [0.3, 0.4) is 0 Å². The van der Waals surface area contributed by atoms with Gasteiger partial charge in [0.05, 0.1) is 23.8 Å². The van der Waals surface area contributed by atoms with Crippen LogP contribution in [0, 0.1) is 6.92 Å². The minimum Gasteiger partial charge on any atom is -0.378 e. The Morgan fingerprint density at radius 1 is 1.42 bits per heavy atom. The minimum absolute atomic E-state index is 0.0875.